The second kappa shape index (κ2) is 8.16. The van der Waals surface area contributed by atoms with Gasteiger partial charge in [-0.15, -0.1) is 0 Å². The van der Waals surface area contributed by atoms with Crippen LogP contribution in [0, 0.1) is 5.92 Å². The minimum Gasteiger partial charge on any atom is -0.479 e. The van der Waals surface area contributed by atoms with Crippen LogP contribution < -0.4 is 4.74 Å². The van der Waals surface area contributed by atoms with Crippen LogP contribution in [0.2, 0.25) is 0 Å². The molecule has 0 radical (unpaired) electrons. The maximum atomic E-state index is 9.44. The van der Waals surface area contributed by atoms with Crippen molar-refractivity contribution in [3.05, 3.63) is 47.7 Å². The zero-order valence-electron chi connectivity index (χ0n) is 14.8. The summed E-state index contributed by atoms with van der Waals surface area (Å²) in [5, 5.41) is 16.7. The summed E-state index contributed by atoms with van der Waals surface area (Å²) in [5.41, 5.74) is 1.89. The molecule has 134 valence electrons. The summed E-state index contributed by atoms with van der Waals surface area (Å²) >= 11 is 0. The molecule has 0 spiro atoms. The van der Waals surface area contributed by atoms with Crippen molar-refractivity contribution in [3.63, 3.8) is 0 Å². The molecule has 6 heteroatoms. The van der Waals surface area contributed by atoms with Gasteiger partial charge in [0.15, 0.2) is 5.76 Å². The lowest BCUT2D eigenvalue weighted by Gasteiger charge is -2.35. The van der Waals surface area contributed by atoms with Crippen LogP contribution in [0.1, 0.15) is 31.1 Å². The van der Waals surface area contributed by atoms with Gasteiger partial charge in [0.1, 0.15) is 5.71 Å². The summed E-state index contributed by atoms with van der Waals surface area (Å²) in [6.07, 6.45) is 3.40. The van der Waals surface area contributed by atoms with Crippen molar-refractivity contribution in [3.8, 4) is 5.88 Å². The third-order valence-electron chi connectivity index (χ3n) is 5.02. The first-order chi connectivity index (χ1) is 12.2. The van der Waals surface area contributed by atoms with E-state index < -0.39 is 0 Å². The standard InChI is InChI=1S/C19H25N3O3/c1-14(19(20-23)17-13-18(24-2)21-25-17)22-10-8-16(9-11-22)12-15-6-4-3-5-7-15/h3-7,13-14,16,23H,8-12H2,1-2H3/b20-19-. The molecule has 1 aliphatic rings. The molecule has 1 unspecified atom stereocenters. The highest BCUT2D eigenvalue weighted by atomic mass is 16.5. The Balaban J connectivity index is 1.57. The number of piperidine rings is 1. The van der Waals surface area contributed by atoms with Crippen LogP contribution >= 0.6 is 0 Å². The van der Waals surface area contributed by atoms with Gasteiger partial charge in [0.2, 0.25) is 0 Å². The second-order valence-electron chi connectivity index (χ2n) is 6.56. The molecule has 1 aromatic heterocycles. The van der Waals surface area contributed by atoms with Gasteiger partial charge in [-0.2, -0.15) is 0 Å². The molecule has 0 amide bonds. The Hall–Kier alpha value is -2.34. The molecule has 1 fully saturated rings. The summed E-state index contributed by atoms with van der Waals surface area (Å²) in [4.78, 5) is 2.32. The Kier molecular flexibility index (Phi) is 5.71. The van der Waals surface area contributed by atoms with Gasteiger partial charge in [0, 0.05) is 0 Å². The molecule has 0 aliphatic carbocycles. The van der Waals surface area contributed by atoms with Crippen LogP contribution in [0.15, 0.2) is 46.1 Å². The molecule has 0 bridgehead atoms. The summed E-state index contributed by atoms with van der Waals surface area (Å²) in [6.45, 7) is 3.98. The maximum absolute atomic E-state index is 9.44. The Morgan fingerprint density at radius 3 is 2.68 bits per heavy atom. The van der Waals surface area contributed by atoms with Crippen molar-refractivity contribution in [2.45, 2.75) is 32.2 Å². The molecule has 1 atom stereocenters. The third-order valence-corrected chi connectivity index (χ3v) is 5.02. The van der Waals surface area contributed by atoms with E-state index in [1.807, 2.05) is 6.92 Å². The summed E-state index contributed by atoms with van der Waals surface area (Å²) in [5.74, 6) is 1.52. The van der Waals surface area contributed by atoms with Crippen molar-refractivity contribution in [2.24, 2.45) is 11.1 Å². The van der Waals surface area contributed by atoms with Crippen LogP contribution in [-0.2, 0) is 6.42 Å². The predicted octanol–water partition coefficient (Wildman–Crippen LogP) is 3.20. The predicted molar refractivity (Wildman–Crippen MR) is 95.3 cm³/mol. The number of hydrogen-bond donors (Lipinski definition) is 1. The molecule has 1 N–H and O–H groups in total. The van der Waals surface area contributed by atoms with E-state index in [-0.39, 0.29) is 6.04 Å². The van der Waals surface area contributed by atoms with Crippen LogP contribution in [0.25, 0.3) is 0 Å². The van der Waals surface area contributed by atoms with E-state index in [4.69, 9.17) is 9.26 Å². The smallest absolute Gasteiger partial charge is 0.254 e. The topological polar surface area (TPSA) is 71.1 Å². The lowest BCUT2D eigenvalue weighted by Crippen LogP contribution is -2.44. The second-order valence-corrected chi connectivity index (χ2v) is 6.56. The van der Waals surface area contributed by atoms with Gasteiger partial charge < -0.3 is 14.5 Å². The zero-order valence-corrected chi connectivity index (χ0v) is 14.8. The minimum atomic E-state index is -0.0414. The molecular formula is C19H25N3O3. The fourth-order valence-electron chi connectivity index (χ4n) is 3.48. The molecule has 2 aromatic rings. The van der Waals surface area contributed by atoms with Gasteiger partial charge in [-0.3, -0.25) is 4.90 Å². The number of methoxy groups -OCH3 is 1. The average Bonchev–Trinajstić information content (AvgIpc) is 3.12. The van der Waals surface area contributed by atoms with Gasteiger partial charge in [-0.1, -0.05) is 35.5 Å². The molecule has 3 rings (SSSR count). The van der Waals surface area contributed by atoms with Gasteiger partial charge >= 0.3 is 0 Å². The largest absolute Gasteiger partial charge is 0.479 e. The molecule has 2 heterocycles. The van der Waals surface area contributed by atoms with E-state index in [2.05, 4.69) is 45.5 Å². The van der Waals surface area contributed by atoms with E-state index in [1.54, 1.807) is 6.07 Å². The number of aromatic nitrogens is 1. The minimum absolute atomic E-state index is 0.0414. The van der Waals surface area contributed by atoms with Crippen molar-refractivity contribution in [2.75, 3.05) is 20.2 Å². The van der Waals surface area contributed by atoms with Crippen LogP contribution in [0.3, 0.4) is 0 Å². The molecule has 0 saturated carbocycles. The zero-order chi connectivity index (χ0) is 17.6. The van der Waals surface area contributed by atoms with Crippen LogP contribution in [0.5, 0.6) is 5.88 Å². The quantitative estimate of drug-likeness (QED) is 0.495. The number of hydrogen-bond acceptors (Lipinski definition) is 6. The highest BCUT2D eigenvalue weighted by molar-refractivity contribution is 6.01. The molecule has 1 aliphatic heterocycles. The number of likely N-dealkylation sites (tertiary alicyclic amines) is 1. The number of benzene rings is 1. The molecule has 25 heavy (non-hydrogen) atoms. The third kappa shape index (κ3) is 4.20. The monoisotopic (exact) mass is 343 g/mol. The number of ether oxygens (including phenoxy) is 1. The lowest BCUT2D eigenvalue weighted by atomic mass is 9.89. The van der Waals surface area contributed by atoms with Gasteiger partial charge in [0.25, 0.3) is 5.88 Å². The molecular weight excluding hydrogens is 318 g/mol. The highest BCUT2D eigenvalue weighted by Gasteiger charge is 2.28. The van der Waals surface area contributed by atoms with Crippen molar-refractivity contribution in [1.82, 2.24) is 10.1 Å². The normalized spacial score (nSPS) is 18.2. The lowest BCUT2D eigenvalue weighted by molar-refractivity contribution is 0.166. The van der Waals surface area contributed by atoms with Crippen LogP contribution in [-0.4, -0.2) is 47.2 Å². The first-order valence-corrected chi connectivity index (χ1v) is 8.72. The van der Waals surface area contributed by atoms with Crippen molar-refractivity contribution < 1.29 is 14.5 Å². The number of rotatable bonds is 6. The fraction of sp³-hybridized carbons (Fsp3) is 0.474. The Bertz CT molecular complexity index is 691. The SMILES string of the molecule is COc1cc(/C(=N\O)C(C)N2CCC(Cc3ccccc3)CC2)on1. The average molecular weight is 343 g/mol. The van der Waals surface area contributed by atoms with Gasteiger partial charge in [-0.25, -0.2) is 0 Å². The molecule has 1 aromatic carbocycles. The first-order valence-electron chi connectivity index (χ1n) is 8.72. The summed E-state index contributed by atoms with van der Waals surface area (Å²) in [7, 11) is 1.53. The van der Waals surface area contributed by atoms with Crippen molar-refractivity contribution in [1.29, 1.82) is 0 Å². The van der Waals surface area contributed by atoms with Crippen LogP contribution in [0.4, 0.5) is 0 Å². The Labute approximate surface area is 148 Å². The summed E-state index contributed by atoms with van der Waals surface area (Å²) < 4.78 is 10.3. The number of nitrogens with zero attached hydrogens (tertiary/aromatic N) is 3. The Morgan fingerprint density at radius 2 is 2.08 bits per heavy atom. The van der Waals surface area contributed by atoms with E-state index in [9.17, 15) is 5.21 Å². The molecule has 1 saturated heterocycles. The summed E-state index contributed by atoms with van der Waals surface area (Å²) in [6, 6.07) is 12.3. The first kappa shape index (κ1) is 17.5. The van der Waals surface area contributed by atoms with E-state index in [1.165, 1.54) is 12.7 Å². The number of oxime groups is 1. The highest BCUT2D eigenvalue weighted by Crippen LogP contribution is 2.24. The van der Waals surface area contributed by atoms with Gasteiger partial charge in [0.05, 0.1) is 19.2 Å². The maximum Gasteiger partial charge on any atom is 0.254 e. The fourth-order valence-corrected chi connectivity index (χ4v) is 3.48. The molecule has 6 nitrogen and oxygen atoms in total. The van der Waals surface area contributed by atoms with Crippen molar-refractivity contribution >= 4 is 5.71 Å². The van der Waals surface area contributed by atoms with E-state index in [0.29, 0.717) is 23.3 Å². The van der Waals surface area contributed by atoms with E-state index in [0.717, 1.165) is 32.4 Å². The Morgan fingerprint density at radius 1 is 1.36 bits per heavy atom. The van der Waals surface area contributed by atoms with Gasteiger partial charge in [-0.05, 0) is 55.9 Å². The van der Waals surface area contributed by atoms with E-state index >= 15 is 0 Å².